The highest BCUT2D eigenvalue weighted by molar-refractivity contribution is 6.55. The maximum atomic E-state index is 10.8. The fourth-order valence-electron chi connectivity index (χ4n) is 2.15. The van der Waals surface area contributed by atoms with Crippen molar-refractivity contribution >= 4 is 39.9 Å². The van der Waals surface area contributed by atoms with E-state index in [0.29, 0.717) is 12.4 Å². The Morgan fingerprint density at radius 3 is 2.71 bits per heavy atom. The van der Waals surface area contributed by atoms with Crippen LogP contribution in [0.1, 0.15) is 11.1 Å². The molecule has 0 aliphatic heterocycles. The minimum atomic E-state index is -0.831. The van der Waals surface area contributed by atoms with E-state index in [2.05, 4.69) is 0 Å². The molecule has 0 amide bonds. The van der Waals surface area contributed by atoms with Gasteiger partial charge < -0.3 is 9.84 Å². The van der Waals surface area contributed by atoms with Crippen LogP contribution in [0.3, 0.4) is 0 Å². The summed E-state index contributed by atoms with van der Waals surface area (Å²) in [6, 6.07) is 9.42. The van der Waals surface area contributed by atoms with Crippen molar-refractivity contribution < 1.29 is 14.6 Å². The Morgan fingerprint density at radius 1 is 1.29 bits per heavy atom. The number of ether oxygens (including phenoxy) is 1. The molecule has 0 saturated heterocycles. The van der Waals surface area contributed by atoms with Gasteiger partial charge in [-0.2, -0.15) is 0 Å². The number of carboxylic acid groups (broad SMARTS) is 1. The first kappa shape index (κ1) is 15.7. The lowest BCUT2D eigenvalue weighted by molar-refractivity contribution is -0.136. The molecule has 21 heavy (non-hydrogen) atoms. The van der Waals surface area contributed by atoms with Crippen LogP contribution in [0.15, 0.2) is 40.9 Å². The van der Waals surface area contributed by atoms with Crippen LogP contribution < -0.4 is 4.74 Å². The molecule has 0 unspecified atom stereocenters. The third-order valence-electron chi connectivity index (χ3n) is 3.20. The topological polar surface area (TPSA) is 46.5 Å². The molecule has 5 heteroatoms. The Hall–Kier alpha value is -1.71. The van der Waals surface area contributed by atoms with Crippen molar-refractivity contribution in [3.63, 3.8) is 0 Å². The van der Waals surface area contributed by atoms with Gasteiger partial charge in [-0.1, -0.05) is 41.4 Å². The molecule has 0 radical (unpaired) electrons. The summed E-state index contributed by atoms with van der Waals surface area (Å²) in [5.41, 5.74) is 1.80. The molecule has 110 valence electrons. The summed E-state index contributed by atoms with van der Waals surface area (Å²) in [5, 5.41) is 10.9. The largest absolute Gasteiger partial charge is 0.489 e. The molecule has 2 rings (SSSR count). The standard InChI is InChI=1S/C16H14Cl2O3/c1-10-11(9-16(19)20)2-3-12-8-13(4-5-14(10)12)21-7-6-15(17)18/h2-6,8H,7,9H2,1H3,(H,19,20). The van der Waals surface area contributed by atoms with Gasteiger partial charge in [-0.25, -0.2) is 0 Å². The van der Waals surface area contributed by atoms with Crippen LogP contribution in [0.4, 0.5) is 0 Å². The quantitative estimate of drug-likeness (QED) is 0.882. The number of hydrogen-bond acceptors (Lipinski definition) is 2. The fraction of sp³-hybridized carbons (Fsp3) is 0.188. The van der Waals surface area contributed by atoms with E-state index >= 15 is 0 Å². The van der Waals surface area contributed by atoms with Gasteiger partial charge >= 0.3 is 5.97 Å². The normalized spacial score (nSPS) is 10.4. The second kappa shape index (κ2) is 6.83. The van der Waals surface area contributed by atoms with Gasteiger partial charge in [0.25, 0.3) is 0 Å². The monoisotopic (exact) mass is 324 g/mol. The summed E-state index contributed by atoms with van der Waals surface area (Å²) in [5.74, 6) is -0.124. The van der Waals surface area contributed by atoms with Crippen molar-refractivity contribution in [1.82, 2.24) is 0 Å². The highest BCUT2D eigenvalue weighted by Crippen LogP contribution is 2.26. The molecule has 2 aromatic carbocycles. The Labute approximate surface area is 132 Å². The summed E-state index contributed by atoms with van der Waals surface area (Å²) >= 11 is 11.0. The molecule has 0 heterocycles. The van der Waals surface area contributed by atoms with Gasteiger partial charge in [0.15, 0.2) is 0 Å². The smallest absolute Gasteiger partial charge is 0.307 e. The van der Waals surface area contributed by atoms with E-state index in [1.165, 1.54) is 0 Å². The minimum absolute atomic E-state index is 0.0268. The first-order valence-corrected chi connectivity index (χ1v) is 7.11. The Balaban J connectivity index is 2.28. The van der Waals surface area contributed by atoms with Gasteiger partial charge in [-0.15, -0.1) is 0 Å². The molecular weight excluding hydrogens is 311 g/mol. The van der Waals surface area contributed by atoms with Crippen LogP contribution in [0.5, 0.6) is 5.75 Å². The first-order valence-electron chi connectivity index (χ1n) is 6.35. The van der Waals surface area contributed by atoms with E-state index in [1.807, 2.05) is 37.3 Å². The predicted octanol–water partition coefficient (Wildman–Crippen LogP) is 4.47. The molecule has 0 aromatic heterocycles. The maximum absolute atomic E-state index is 10.8. The van der Waals surface area contributed by atoms with E-state index in [0.717, 1.165) is 21.9 Å². The number of benzene rings is 2. The number of carboxylic acids is 1. The van der Waals surface area contributed by atoms with Gasteiger partial charge in [-0.05, 0) is 47.0 Å². The molecule has 0 spiro atoms. The summed E-state index contributed by atoms with van der Waals surface area (Å²) < 4.78 is 5.69. The van der Waals surface area contributed by atoms with E-state index in [4.69, 9.17) is 33.0 Å². The van der Waals surface area contributed by atoms with Gasteiger partial charge in [0.1, 0.15) is 16.8 Å². The van der Waals surface area contributed by atoms with E-state index in [1.54, 1.807) is 6.08 Å². The summed E-state index contributed by atoms with van der Waals surface area (Å²) in [6.07, 6.45) is 1.59. The maximum Gasteiger partial charge on any atom is 0.307 e. The highest BCUT2D eigenvalue weighted by atomic mass is 35.5. The van der Waals surface area contributed by atoms with Crippen molar-refractivity contribution in [3.8, 4) is 5.75 Å². The van der Waals surface area contributed by atoms with Crippen LogP contribution in [-0.4, -0.2) is 17.7 Å². The molecule has 0 aliphatic carbocycles. The second-order valence-corrected chi connectivity index (χ2v) is 5.62. The summed E-state index contributed by atoms with van der Waals surface area (Å²) in [7, 11) is 0. The zero-order valence-electron chi connectivity index (χ0n) is 11.4. The number of aliphatic carboxylic acids is 1. The van der Waals surface area contributed by atoms with Crippen molar-refractivity contribution in [2.45, 2.75) is 13.3 Å². The molecule has 2 aromatic rings. The molecule has 0 atom stereocenters. The van der Waals surface area contributed by atoms with E-state index in [-0.39, 0.29) is 10.9 Å². The number of fused-ring (bicyclic) bond motifs is 1. The van der Waals surface area contributed by atoms with Gasteiger partial charge in [0.05, 0.1) is 6.42 Å². The van der Waals surface area contributed by atoms with Crippen LogP contribution in [0.25, 0.3) is 10.8 Å². The van der Waals surface area contributed by atoms with E-state index < -0.39 is 5.97 Å². The number of rotatable bonds is 5. The average Bonchev–Trinajstić information content (AvgIpc) is 2.41. The number of aryl methyl sites for hydroxylation is 1. The predicted molar refractivity (Wildman–Crippen MR) is 85.3 cm³/mol. The van der Waals surface area contributed by atoms with Crippen molar-refractivity contribution in [1.29, 1.82) is 0 Å². The Bertz CT molecular complexity index is 704. The highest BCUT2D eigenvalue weighted by Gasteiger charge is 2.08. The average molecular weight is 325 g/mol. The zero-order chi connectivity index (χ0) is 15.4. The molecule has 0 aliphatic rings. The van der Waals surface area contributed by atoms with Crippen molar-refractivity contribution in [2.75, 3.05) is 6.61 Å². The molecule has 0 fully saturated rings. The van der Waals surface area contributed by atoms with E-state index in [9.17, 15) is 4.79 Å². The SMILES string of the molecule is Cc1c(CC(=O)O)ccc2cc(OCC=C(Cl)Cl)ccc12. The van der Waals surface area contributed by atoms with Crippen LogP contribution >= 0.6 is 23.2 Å². The fourth-order valence-corrected chi connectivity index (χ4v) is 2.28. The van der Waals surface area contributed by atoms with Crippen LogP contribution in [0, 0.1) is 6.92 Å². The van der Waals surface area contributed by atoms with Crippen LogP contribution in [-0.2, 0) is 11.2 Å². The van der Waals surface area contributed by atoms with Gasteiger partial charge in [0, 0.05) is 0 Å². The first-order chi connectivity index (χ1) is 9.97. The second-order valence-electron chi connectivity index (χ2n) is 4.61. The lowest BCUT2D eigenvalue weighted by atomic mass is 9.98. The third kappa shape index (κ3) is 4.13. The molecule has 1 N–H and O–H groups in total. The summed E-state index contributed by atoms with van der Waals surface area (Å²) in [6.45, 7) is 2.22. The molecule has 3 nitrogen and oxygen atoms in total. The zero-order valence-corrected chi connectivity index (χ0v) is 12.9. The van der Waals surface area contributed by atoms with Crippen molar-refractivity contribution in [3.05, 3.63) is 52.0 Å². The summed E-state index contributed by atoms with van der Waals surface area (Å²) in [4.78, 5) is 10.8. The molecular formula is C16H14Cl2O3. The van der Waals surface area contributed by atoms with Crippen LogP contribution in [0.2, 0.25) is 0 Å². The number of halogens is 2. The lowest BCUT2D eigenvalue weighted by Crippen LogP contribution is -2.02. The lowest BCUT2D eigenvalue weighted by Gasteiger charge is -2.10. The molecule has 0 saturated carbocycles. The third-order valence-corrected chi connectivity index (χ3v) is 3.51. The Kier molecular flexibility index (Phi) is 5.10. The van der Waals surface area contributed by atoms with Gasteiger partial charge in [-0.3, -0.25) is 4.79 Å². The molecule has 0 bridgehead atoms. The Morgan fingerprint density at radius 2 is 2.05 bits per heavy atom. The number of carbonyl (C=O) groups is 1. The van der Waals surface area contributed by atoms with Crippen molar-refractivity contribution in [2.24, 2.45) is 0 Å². The number of hydrogen-bond donors (Lipinski definition) is 1. The minimum Gasteiger partial charge on any atom is -0.489 e. The van der Waals surface area contributed by atoms with Gasteiger partial charge in [0.2, 0.25) is 0 Å².